The third-order valence-electron chi connectivity index (χ3n) is 6.05. The van der Waals surface area contributed by atoms with Gasteiger partial charge in [0.05, 0.1) is 23.4 Å². The molecule has 1 saturated heterocycles. The van der Waals surface area contributed by atoms with Gasteiger partial charge in [-0.3, -0.25) is 9.69 Å². The highest BCUT2D eigenvalue weighted by atomic mass is 32.1. The van der Waals surface area contributed by atoms with Gasteiger partial charge in [-0.1, -0.05) is 11.2 Å². The van der Waals surface area contributed by atoms with Gasteiger partial charge in [-0.05, 0) is 62.9 Å². The number of nitrogens with one attached hydrogen (secondary N) is 1. The van der Waals surface area contributed by atoms with Crippen LogP contribution in [0.1, 0.15) is 51.6 Å². The largest absolute Gasteiger partial charge is 0.388 e. The Morgan fingerprint density at radius 2 is 2.10 bits per heavy atom. The second-order valence-electron chi connectivity index (χ2n) is 8.30. The van der Waals surface area contributed by atoms with E-state index < -0.39 is 17.5 Å². The predicted molar refractivity (Wildman–Crippen MR) is 116 cm³/mol. The Labute approximate surface area is 184 Å². The van der Waals surface area contributed by atoms with Crippen LogP contribution in [-0.2, 0) is 6.54 Å². The van der Waals surface area contributed by atoms with Crippen molar-refractivity contribution in [1.82, 2.24) is 15.4 Å². The minimum absolute atomic E-state index is 0.234. The molecule has 0 radical (unpaired) electrons. The van der Waals surface area contributed by atoms with Crippen LogP contribution in [0.2, 0.25) is 0 Å². The number of carbonyl (C=O) groups is 1. The number of benzene rings is 1. The fraction of sp³-hybridized carbons (Fsp3) is 0.391. The third kappa shape index (κ3) is 4.42. The lowest BCUT2D eigenvalue weighted by molar-refractivity contribution is -0.0657. The van der Waals surface area contributed by atoms with Crippen molar-refractivity contribution in [3.63, 3.8) is 0 Å². The Morgan fingerprint density at radius 3 is 2.71 bits per heavy atom. The summed E-state index contributed by atoms with van der Waals surface area (Å²) in [5.41, 5.74) is 1.10. The van der Waals surface area contributed by atoms with Gasteiger partial charge in [0.2, 0.25) is 0 Å². The van der Waals surface area contributed by atoms with Gasteiger partial charge in [-0.15, -0.1) is 11.3 Å². The van der Waals surface area contributed by atoms with Crippen LogP contribution in [0, 0.1) is 19.7 Å². The Hall–Kier alpha value is -2.55. The van der Waals surface area contributed by atoms with E-state index in [1.165, 1.54) is 24.3 Å². The number of aliphatic hydroxyl groups is 1. The van der Waals surface area contributed by atoms with E-state index >= 15 is 0 Å². The van der Waals surface area contributed by atoms with Crippen molar-refractivity contribution in [2.75, 3.05) is 6.54 Å². The van der Waals surface area contributed by atoms with Gasteiger partial charge in [0, 0.05) is 29.1 Å². The molecule has 164 valence electrons. The molecule has 3 heterocycles. The highest BCUT2D eigenvalue weighted by Crippen LogP contribution is 2.40. The number of thiophene rings is 1. The van der Waals surface area contributed by atoms with Crippen molar-refractivity contribution in [2.24, 2.45) is 0 Å². The molecule has 2 aromatic heterocycles. The van der Waals surface area contributed by atoms with Crippen LogP contribution in [0.4, 0.5) is 4.39 Å². The van der Waals surface area contributed by atoms with E-state index in [4.69, 9.17) is 4.52 Å². The van der Waals surface area contributed by atoms with Crippen molar-refractivity contribution in [1.29, 1.82) is 0 Å². The van der Waals surface area contributed by atoms with Crippen LogP contribution < -0.4 is 5.32 Å². The number of amides is 1. The number of aromatic nitrogens is 1. The molecule has 0 aliphatic carbocycles. The summed E-state index contributed by atoms with van der Waals surface area (Å²) in [6.45, 7) is 6.82. The number of piperidine rings is 1. The number of nitrogens with zero attached hydrogens (tertiary/aromatic N) is 2. The predicted octanol–water partition coefficient (Wildman–Crippen LogP) is 3.99. The number of rotatable bonds is 5. The fourth-order valence-corrected chi connectivity index (χ4v) is 5.08. The molecule has 1 aromatic carbocycles. The van der Waals surface area contributed by atoms with Crippen molar-refractivity contribution in [3.8, 4) is 0 Å². The Kier molecular flexibility index (Phi) is 5.96. The third-order valence-corrected chi connectivity index (χ3v) is 7.00. The normalized spacial score (nSPS) is 24.3. The van der Waals surface area contributed by atoms with Crippen LogP contribution in [0.3, 0.4) is 0 Å². The Morgan fingerprint density at radius 1 is 1.35 bits per heavy atom. The molecule has 1 fully saturated rings. The van der Waals surface area contributed by atoms with Crippen LogP contribution in [0.15, 0.2) is 46.3 Å². The van der Waals surface area contributed by atoms with Crippen molar-refractivity contribution >= 4 is 17.2 Å². The van der Waals surface area contributed by atoms with Gasteiger partial charge < -0.3 is 14.9 Å². The summed E-state index contributed by atoms with van der Waals surface area (Å²) in [6, 6.07) is 8.61. The topological polar surface area (TPSA) is 78.6 Å². The lowest BCUT2D eigenvalue weighted by Crippen LogP contribution is -2.62. The maximum absolute atomic E-state index is 13.3. The Balaban J connectivity index is 1.67. The molecule has 3 aromatic rings. The van der Waals surface area contributed by atoms with Crippen LogP contribution >= 0.6 is 11.3 Å². The fourth-order valence-electron chi connectivity index (χ4n) is 4.19. The highest BCUT2D eigenvalue weighted by molar-refractivity contribution is 7.10. The zero-order valence-corrected chi connectivity index (χ0v) is 18.6. The summed E-state index contributed by atoms with van der Waals surface area (Å²) < 4.78 is 18.6. The standard InChI is InChI=1S/C23H26FN3O3S/c1-14-18(15(2)30-26-14)13-27-11-10-23(3,29)21(20(27)19-5-4-12-31-19)25-22(28)16-6-8-17(24)9-7-16/h4-9,12,20-21,29H,10-11,13H2,1-3H3,(H,25,28). The zero-order chi connectivity index (χ0) is 22.2. The van der Waals surface area contributed by atoms with Crippen molar-refractivity contribution < 1.29 is 18.8 Å². The van der Waals surface area contributed by atoms with Crippen LogP contribution in [0.25, 0.3) is 0 Å². The molecule has 31 heavy (non-hydrogen) atoms. The minimum atomic E-state index is -1.11. The summed E-state index contributed by atoms with van der Waals surface area (Å²) in [6.07, 6.45) is 0.493. The summed E-state index contributed by atoms with van der Waals surface area (Å²) >= 11 is 1.59. The first kappa shape index (κ1) is 21.7. The van der Waals surface area contributed by atoms with E-state index in [-0.39, 0.29) is 11.9 Å². The molecule has 4 rings (SSSR count). The molecule has 1 aliphatic heterocycles. The van der Waals surface area contributed by atoms with Crippen LogP contribution in [-0.4, -0.2) is 39.3 Å². The first-order chi connectivity index (χ1) is 14.8. The highest BCUT2D eigenvalue weighted by Gasteiger charge is 2.47. The number of carbonyl (C=O) groups excluding carboxylic acids is 1. The average molecular weight is 444 g/mol. The molecule has 8 heteroatoms. The van der Waals surface area contributed by atoms with E-state index in [0.29, 0.717) is 25.1 Å². The van der Waals surface area contributed by atoms with Gasteiger partial charge in [-0.2, -0.15) is 0 Å². The molecular formula is C23H26FN3O3S. The quantitative estimate of drug-likeness (QED) is 0.624. The Bertz CT molecular complexity index is 1030. The zero-order valence-electron chi connectivity index (χ0n) is 17.8. The summed E-state index contributed by atoms with van der Waals surface area (Å²) in [4.78, 5) is 16.3. The second kappa shape index (κ2) is 8.53. The maximum atomic E-state index is 13.3. The van der Waals surface area contributed by atoms with Gasteiger partial charge in [-0.25, -0.2) is 4.39 Å². The lowest BCUT2D eigenvalue weighted by Gasteiger charge is -2.48. The summed E-state index contributed by atoms with van der Waals surface area (Å²) in [5, 5.41) is 20.4. The van der Waals surface area contributed by atoms with Gasteiger partial charge >= 0.3 is 0 Å². The molecular weight excluding hydrogens is 417 g/mol. The molecule has 0 saturated carbocycles. The van der Waals surface area contributed by atoms with Gasteiger partial charge in [0.1, 0.15) is 11.6 Å². The summed E-state index contributed by atoms with van der Waals surface area (Å²) in [5.74, 6) is 0.0287. The molecule has 6 nitrogen and oxygen atoms in total. The molecule has 2 N–H and O–H groups in total. The summed E-state index contributed by atoms with van der Waals surface area (Å²) in [7, 11) is 0. The first-order valence-corrected chi connectivity index (χ1v) is 11.1. The molecule has 1 aliphatic rings. The monoisotopic (exact) mass is 443 g/mol. The molecule has 0 bridgehead atoms. The number of hydrogen-bond donors (Lipinski definition) is 2. The first-order valence-electron chi connectivity index (χ1n) is 10.2. The van der Waals surface area contributed by atoms with Crippen molar-refractivity contribution in [3.05, 3.63) is 75.1 Å². The number of aryl methyl sites for hydroxylation is 2. The maximum Gasteiger partial charge on any atom is 0.251 e. The van der Waals surface area contributed by atoms with Crippen LogP contribution in [0.5, 0.6) is 0 Å². The molecule has 0 spiro atoms. The van der Waals surface area contributed by atoms with E-state index in [9.17, 15) is 14.3 Å². The van der Waals surface area contributed by atoms with E-state index in [2.05, 4.69) is 15.4 Å². The number of likely N-dealkylation sites (tertiary alicyclic amines) is 1. The van der Waals surface area contributed by atoms with Crippen molar-refractivity contribution in [2.45, 2.75) is 51.4 Å². The SMILES string of the molecule is Cc1noc(C)c1CN1CCC(C)(O)C(NC(=O)c2ccc(F)cc2)C1c1cccs1. The van der Waals surface area contributed by atoms with E-state index in [0.717, 1.165) is 21.9 Å². The molecule has 3 unspecified atom stereocenters. The number of halogens is 1. The average Bonchev–Trinajstić information content (AvgIpc) is 3.36. The number of hydrogen-bond acceptors (Lipinski definition) is 6. The molecule has 3 atom stereocenters. The smallest absolute Gasteiger partial charge is 0.251 e. The second-order valence-corrected chi connectivity index (χ2v) is 9.28. The van der Waals surface area contributed by atoms with Gasteiger partial charge in [0.15, 0.2) is 0 Å². The lowest BCUT2D eigenvalue weighted by atomic mass is 9.81. The minimum Gasteiger partial charge on any atom is -0.388 e. The van der Waals surface area contributed by atoms with E-state index in [1.807, 2.05) is 31.4 Å². The van der Waals surface area contributed by atoms with E-state index in [1.54, 1.807) is 18.3 Å². The van der Waals surface area contributed by atoms with Gasteiger partial charge in [0.25, 0.3) is 5.91 Å². The molecule has 1 amide bonds.